The van der Waals surface area contributed by atoms with E-state index in [1.807, 2.05) is 0 Å². The standard InChI is InChI=1S/C15H24BrNO/c1-4-17-11-15(12(2)8-9-18-3)13-6-5-7-14(16)10-13/h5-7,10,12,15,17H,4,8-9,11H2,1-3H3. The van der Waals surface area contributed by atoms with E-state index in [4.69, 9.17) is 4.74 Å². The number of hydrogen-bond donors (Lipinski definition) is 1. The van der Waals surface area contributed by atoms with Gasteiger partial charge in [-0.3, -0.25) is 0 Å². The fraction of sp³-hybridized carbons (Fsp3) is 0.600. The predicted molar refractivity (Wildman–Crippen MR) is 81.1 cm³/mol. The third-order valence-electron chi connectivity index (χ3n) is 3.36. The molecule has 0 saturated carbocycles. The average Bonchev–Trinajstić information content (AvgIpc) is 2.37. The van der Waals surface area contributed by atoms with Gasteiger partial charge < -0.3 is 10.1 Å². The zero-order valence-electron chi connectivity index (χ0n) is 11.6. The molecule has 0 bridgehead atoms. The summed E-state index contributed by atoms with van der Waals surface area (Å²) in [7, 11) is 1.77. The molecular weight excluding hydrogens is 290 g/mol. The number of benzene rings is 1. The van der Waals surface area contributed by atoms with Crippen molar-refractivity contribution in [2.45, 2.75) is 26.2 Å². The average molecular weight is 314 g/mol. The molecule has 18 heavy (non-hydrogen) atoms. The third-order valence-corrected chi connectivity index (χ3v) is 3.85. The highest BCUT2D eigenvalue weighted by Gasteiger charge is 2.18. The molecule has 0 saturated heterocycles. The highest BCUT2D eigenvalue weighted by atomic mass is 79.9. The molecule has 0 heterocycles. The predicted octanol–water partition coefficient (Wildman–Crippen LogP) is 3.81. The molecule has 1 rings (SSSR count). The van der Waals surface area contributed by atoms with E-state index >= 15 is 0 Å². The second-order valence-electron chi connectivity index (χ2n) is 4.73. The van der Waals surface area contributed by atoms with E-state index in [0.29, 0.717) is 11.8 Å². The van der Waals surface area contributed by atoms with Gasteiger partial charge in [-0.25, -0.2) is 0 Å². The van der Waals surface area contributed by atoms with E-state index in [2.05, 4.69) is 59.4 Å². The number of hydrogen-bond acceptors (Lipinski definition) is 2. The first-order valence-electron chi connectivity index (χ1n) is 6.64. The molecule has 1 N–H and O–H groups in total. The Bertz CT molecular complexity index is 343. The van der Waals surface area contributed by atoms with Crippen molar-refractivity contribution in [2.75, 3.05) is 26.8 Å². The van der Waals surface area contributed by atoms with Gasteiger partial charge in [0.2, 0.25) is 0 Å². The molecule has 2 unspecified atom stereocenters. The Labute approximate surface area is 119 Å². The van der Waals surface area contributed by atoms with Gasteiger partial charge >= 0.3 is 0 Å². The molecule has 3 heteroatoms. The van der Waals surface area contributed by atoms with E-state index in [9.17, 15) is 0 Å². The van der Waals surface area contributed by atoms with Crippen LogP contribution in [-0.2, 0) is 4.74 Å². The highest BCUT2D eigenvalue weighted by molar-refractivity contribution is 9.10. The van der Waals surface area contributed by atoms with Crippen LogP contribution < -0.4 is 5.32 Å². The Morgan fingerprint density at radius 1 is 1.39 bits per heavy atom. The largest absolute Gasteiger partial charge is 0.385 e. The fourth-order valence-electron chi connectivity index (χ4n) is 2.19. The van der Waals surface area contributed by atoms with Crippen molar-refractivity contribution < 1.29 is 4.74 Å². The summed E-state index contributed by atoms with van der Waals surface area (Å²) in [4.78, 5) is 0. The molecule has 102 valence electrons. The van der Waals surface area contributed by atoms with Crippen LogP contribution in [-0.4, -0.2) is 26.8 Å². The molecule has 0 aliphatic rings. The molecular formula is C15H24BrNO. The summed E-state index contributed by atoms with van der Waals surface area (Å²) >= 11 is 3.56. The molecule has 0 aliphatic heterocycles. The van der Waals surface area contributed by atoms with Gasteiger partial charge in [0, 0.05) is 24.7 Å². The van der Waals surface area contributed by atoms with E-state index in [0.717, 1.165) is 30.6 Å². The van der Waals surface area contributed by atoms with Crippen molar-refractivity contribution in [3.05, 3.63) is 34.3 Å². The number of likely N-dealkylation sites (N-methyl/N-ethyl adjacent to an activating group) is 1. The first kappa shape index (κ1) is 15.7. The molecule has 0 aliphatic carbocycles. The Morgan fingerprint density at radius 2 is 2.17 bits per heavy atom. The maximum absolute atomic E-state index is 5.20. The monoisotopic (exact) mass is 313 g/mol. The summed E-state index contributed by atoms with van der Waals surface area (Å²) in [6.07, 6.45) is 1.10. The van der Waals surface area contributed by atoms with Crippen molar-refractivity contribution >= 4 is 15.9 Å². The van der Waals surface area contributed by atoms with Crippen molar-refractivity contribution in [2.24, 2.45) is 5.92 Å². The van der Waals surface area contributed by atoms with Crippen molar-refractivity contribution in [3.8, 4) is 0 Å². The van der Waals surface area contributed by atoms with Gasteiger partial charge in [0.05, 0.1) is 0 Å². The zero-order valence-corrected chi connectivity index (χ0v) is 13.2. The first-order valence-corrected chi connectivity index (χ1v) is 7.43. The lowest BCUT2D eigenvalue weighted by atomic mass is 9.85. The molecule has 2 atom stereocenters. The minimum absolute atomic E-state index is 0.539. The molecule has 0 aromatic heterocycles. The molecule has 0 spiro atoms. The summed E-state index contributed by atoms with van der Waals surface area (Å²) in [6.45, 7) is 7.33. The minimum atomic E-state index is 0.539. The van der Waals surface area contributed by atoms with Gasteiger partial charge in [0.25, 0.3) is 0 Å². The Hall–Kier alpha value is -0.380. The molecule has 2 nitrogen and oxygen atoms in total. The number of rotatable bonds is 8. The lowest BCUT2D eigenvalue weighted by molar-refractivity contribution is 0.174. The Balaban J connectivity index is 2.76. The number of nitrogens with one attached hydrogen (secondary N) is 1. The van der Waals surface area contributed by atoms with Crippen molar-refractivity contribution in [1.29, 1.82) is 0 Å². The zero-order chi connectivity index (χ0) is 13.4. The van der Waals surface area contributed by atoms with Crippen LogP contribution in [0.4, 0.5) is 0 Å². The minimum Gasteiger partial charge on any atom is -0.385 e. The maximum atomic E-state index is 5.20. The fourth-order valence-corrected chi connectivity index (χ4v) is 2.61. The van der Waals surface area contributed by atoms with E-state index < -0.39 is 0 Å². The van der Waals surface area contributed by atoms with E-state index in [1.54, 1.807) is 7.11 Å². The van der Waals surface area contributed by atoms with Crippen LogP contribution in [0.3, 0.4) is 0 Å². The van der Waals surface area contributed by atoms with Crippen molar-refractivity contribution in [1.82, 2.24) is 5.32 Å². The summed E-state index contributed by atoms with van der Waals surface area (Å²) in [5.74, 6) is 1.15. The van der Waals surface area contributed by atoms with Gasteiger partial charge in [0.1, 0.15) is 0 Å². The molecule has 0 radical (unpaired) electrons. The van der Waals surface area contributed by atoms with E-state index in [-0.39, 0.29) is 0 Å². The normalized spacial score (nSPS) is 14.4. The third kappa shape index (κ3) is 5.09. The maximum Gasteiger partial charge on any atom is 0.0465 e. The highest BCUT2D eigenvalue weighted by Crippen LogP contribution is 2.28. The van der Waals surface area contributed by atoms with E-state index in [1.165, 1.54) is 5.56 Å². The Kier molecular flexibility index (Phi) is 7.56. The number of halogens is 1. The van der Waals surface area contributed by atoms with Gasteiger partial charge in [0.15, 0.2) is 0 Å². The van der Waals surface area contributed by atoms with Crippen LogP contribution in [0, 0.1) is 5.92 Å². The van der Waals surface area contributed by atoms with Crippen LogP contribution in [0.5, 0.6) is 0 Å². The lowest BCUT2D eigenvalue weighted by Gasteiger charge is -2.25. The molecule has 0 amide bonds. The SMILES string of the molecule is CCNCC(c1cccc(Br)c1)C(C)CCOC. The second-order valence-corrected chi connectivity index (χ2v) is 5.64. The lowest BCUT2D eigenvalue weighted by Crippen LogP contribution is -2.26. The van der Waals surface area contributed by atoms with Gasteiger partial charge in [-0.2, -0.15) is 0 Å². The number of methoxy groups -OCH3 is 1. The van der Waals surface area contributed by atoms with Gasteiger partial charge in [-0.1, -0.05) is 41.9 Å². The summed E-state index contributed by atoms with van der Waals surface area (Å²) in [5.41, 5.74) is 1.40. The van der Waals surface area contributed by atoms with Crippen LogP contribution in [0.25, 0.3) is 0 Å². The summed E-state index contributed by atoms with van der Waals surface area (Å²) in [6, 6.07) is 8.64. The summed E-state index contributed by atoms with van der Waals surface area (Å²) in [5, 5.41) is 3.47. The van der Waals surface area contributed by atoms with Crippen LogP contribution >= 0.6 is 15.9 Å². The quantitative estimate of drug-likeness (QED) is 0.788. The van der Waals surface area contributed by atoms with Gasteiger partial charge in [-0.15, -0.1) is 0 Å². The molecule has 1 aromatic rings. The smallest absolute Gasteiger partial charge is 0.0465 e. The van der Waals surface area contributed by atoms with Crippen LogP contribution in [0.1, 0.15) is 31.7 Å². The van der Waals surface area contributed by atoms with Crippen molar-refractivity contribution in [3.63, 3.8) is 0 Å². The molecule has 0 fully saturated rings. The first-order chi connectivity index (χ1) is 8.69. The molecule has 1 aromatic carbocycles. The van der Waals surface area contributed by atoms with Crippen LogP contribution in [0.15, 0.2) is 28.7 Å². The second kappa shape index (κ2) is 8.68. The summed E-state index contributed by atoms with van der Waals surface area (Å²) < 4.78 is 6.35. The topological polar surface area (TPSA) is 21.3 Å². The van der Waals surface area contributed by atoms with Crippen LogP contribution in [0.2, 0.25) is 0 Å². The number of ether oxygens (including phenoxy) is 1. The van der Waals surface area contributed by atoms with Gasteiger partial charge in [-0.05, 0) is 42.5 Å². The Morgan fingerprint density at radius 3 is 2.78 bits per heavy atom.